The first-order valence-corrected chi connectivity index (χ1v) is 8.48. The molecule has 0 aliphatic carbocycles. The molecule has 0 atom stereocenters. The zero-order valence-electron chi connectivity index (χ0n) is 15.2. The summed E-state index contributed by atoms with van der Waals surface area (Å²) >= 11 is 0. The van der Waals surface area contributed by atoms with Gasteiger partial charge in [-0.05, 0) is 36.9 Å². The highest BCUT2D eigenvalue weighted by Crippen LogP contribution is 2.10. The smallest absolute Gasteiger partial charge is 0.251 e. The van der Waals surface area contributed by atoms with Crippen molar-refractivity contribution in [2.75, 3.05) is 39.2 Å². The molecule has 0 aromatic heterocycles. The van der Waals surface area contributed by atoms with Crippen molar-refractivity contribution in [3.8, 4) is 0 Å². The average Bonchev–Trinajstić information content (AvgIpc) is 2.63. The third-order valence-corrected chi connectivity index (χ3v) is 3.73. The maximum absolute atomic E-state index is 12.2. The van der Waals surface area contributed by atoms with Crippen LogP contribution in [0.5, 0.6) is 0 Å². The number of benzene rings is 2. The second kappa shape index (κ2) is 10.3. The summed E-state index contributed by atoms with van der Waals surface area (Å²) in [6, 6.07) is 16.8. The second-order valence-corrected chi connectivity index (χ2v) is 6.03. The maximum atomic E-state index is 12.2. The number of nitrogens with one attached hydrogen (secondary N) is 2. The van der Waals surface area contributed by atoms with Crippen LogP contribution in [0.1, 0.15) is 15.9 Å². The summed E-state index contributed by atoms with van der Waals surface area (Å²) < 4.78 is 4.89. The van der Waals surface area contributed by atoms with E-state index in [9.17, 15) is 9.59 Å². The van der Waals surface area contributed by atoms with Gasteiger partial charge in [-0.15, -0.1) is 0 Å². The van der Waals surface area contributed by atoms with Gasteiger partial charge in [0.15, 0.2) is 0 Å². The van der Waals surface area contributed by atoms with Gasteiger partial charge in [-0.1, -0.05) is 30.3 Å². The normalized spacial score (nSPS) is 10.6. The molecule has 0 aliphatic rings. The summed E-state index contributed by atoms with van der Waals surface area (Å²) in [5.41, 5.74) is 2.36. The molecule has 0 saturated heterocycles. The van der Waals surface area contributed by atoms with Gasteiger partial charge < -0.3 is 15.4 Å². The highest BCUT2D eigenvalue weighted by atomic mass is 16.5. The largest absolute Gasteiger partial charge is 0.383 e. The molecule has 0 bridgehead atoms. The van der Waals surface area contributed by atoms with Crippen molar-refractivity contribution >= 4 is 17.5 Å². The standard InChI is InChI=1S/C20H25N3O3/c1-23(14-16-6-4-3-5-7-16)15-19(24)22-18-10-8-17(9-11-18)20(25)21-12-13-26-2/h3-11H,12-15H2,1-2H3,(H,21,25)(H,22,24). The Kier molecular flexibility index (Phi) is 7.79. The Morgan fingerprint density at radius 3 is 2.38 bits per heavy atom. The van der Waals surface area contributed by atoms with E-state index >= 15 is 0 Å². The first kappa shape index (κ1) is 19.6. The Labute approximate surface area is 154 Å². The fraction of sp³-hybridized carbons (Fsp3) is 0.300. The van der Waals surface area contributed by atoms with Gasteiger partial charge >= 0.3 is 0 Å². The Morgan fingerprint density at radius 1 is 1.04 bits per heavy atom. The lowest BCUT2D eigenvalue weighted by Crippen LogP contribution is -2.30. The lowest BCUT2D eigenvalue weighted by Gasteiger charge is -2.16. The maximum Gasteiger partial charge on any atom is 0.251 e. The molecule has 2 amide bonds. The highest BCUT2D eigenvalue weighted by Gasteiger charge is 2.09. The van der Waals surface area contributed by atoms with Crippen LogP contribution >= 0.6 is 0 Å². The zero-order valence-corrected chi connectivity index (χ0v) is 15.2. The minimum Gasteiger partial charge on any atom is -0.383 e. The summed E-state index contributed by atoms with van der Waals surface area (Å²) in [6.45, 7) is 1.92. The van der Waals surface area contributed by atoms with Crippen LogP contribution in [-0.2, 0) is 16.1 Å². The van der Waals surface area contributed by atoms with Crippen molar-refractivity contribution in [3.05, 3.63) is 65.7 Å². The van der Waals surface area contributed by atoms with E-state index in [1.54, 1.807) is 31.4 Å². The van der Waals surface area contributed by atoms with Crippen LogP contribution in [0, 0.1) is 0 Å². The molecule has 26 heavy (non-hydrogen) atoms. The van der Waals surface area contributed by atoms with Gasteiger partial charge in [0.1, 0.15) is 0 Å². The number of likely N-dealkylation sites (N-methyl/N-ethyl adjacent to an activating group) is 1. The lowest BCUT2D eigenvalue weighted by atomic mass is 10.2. The molecule has 2 rings (SSSR count). The molecule has 6 nitrogen and oxygen atoms in total. The molecule has 0 fully saturated rings. The lowest BCUT2D eigenvalue weighted by molar-refractivity contribution is -0.117. The van der Waals surface area contributed by atoms with Crippen molar-refractivity contribution < 1.29 is 14.3 Å². The minimum atomic E-state index is -0.164. The van der Waals surface area contributed by atoms with Crippen molar-refractivity contribution in [1.29, 1.82) is 0 Å². The van der Waals surface area contributed by atoms with E-state index in [2.05, 4.69) is 10.6 Å². The monoisotopic (exact) mass is 355 g/mol. The fourth-order valence-electron chi connectivity index (χ4n) is 2.47. The predicted molar refractivity (Wildman–Crippen MR) is 102 cm³/mol. The van der Waals surface area contributed by atoms with E-state index in [1.807, 2.05) is 42.3 Å². The van der Waals surface area contributed by atoms with Crippen molar-refractivity contribution in [2.45, 2.75) is 6.54 Å². The number of ether oxygens (including phenoxy) is 1. The van der Waals surface area contributed by atoms with Crippen LogP contribution in [0.4, 0.5) is 5.69 Å². The van der Waals surface area contributed by atoms with E-state index in [4.69, 9.17) is 4.74 Å². The number of rotatable bonds is 9. The van der Waals surface area contributed by atoms with Crippen LogP contribution in [0.15, 0.2) is 54.6 Å². The van der Waals surface area contributed by atoms with Gasteiger partial charge in [-0.3, -0.25) is 14.5 Å². The first-order valence-electron chi connectivity index (χ1n) is 8.48. The van der Waals surface area contributed by atoms with Gasteiger partial charge in [0.2, 0.25) is 5.91 Å². The minimum absolute atomic E-state index is 0.0965. The Morgan fingerprint density at radius 2 is 1.73 bits per heavy atom. The number of amides is 2. The Hall–Kier alpha value is -2.70. The highest BCUT2D eigenvalue weighted by molar-refractivity contribution is 5.96. The van der Waals surface area contributed by atoms with Crippen LogP contribution < -0.4 is 10.6 Å². The molecule has 2 N–H and O–H groups in total. The Balaban J connectivity index is 1.80. The third-order valence-electron chi connectivity index (χ3n) is 3.73. The third kappa shape index (κ3) is 6.66. The average molecular weight is 355 g/mol. The van der Waals surface area contributed by atoms with Crippen LogP contribution in [0.2, 0.25) is 0 Å². The van der Waals surface area contributed by atoms with Crippen LogP contribution in [-0.4, -0.2) is 50.6 Å². The molecular formula is C20H25N3O3. The summed E-state index contributed by atoms with van der Waals surface area (Å²) in [5, 5.41) is 5.60. The van der Waals surface area contributed by atoms with Crippen molar-refractivity contribution in [2.24, 2.45) is 0 Å². The first-order chi connectivity index (χ1) is 12.6. The molecule has 2 aromatic carbocycles. The molecule has 0 spiro atoms. The number of nitrogens with zero attached hydrogens (tertiary/aromatic N) is 1. The molecule has 138 valence electrons. The summed E-state index contributed by atoms with van der Waals surface area (Å²) in [4.78, 5) is 26.0. The van der Waals surface area contributed by atoms with Crippen LogP contribution in [0.3, 0.4) is 0 Å². The van der Waals surface area contributed by atoms with Crippen LogP contribution in [0.25, 0.3) is 0 Å². The number of methoxy groups -OCH3 is 1. The molecular weight excluding hydrogens is 330 g/mol. The van der Waals surface area contributed by atoms with Gasteiger partial charge in [0.25, 0.3) is 5.91 Å². The number of carbonyl (C=O) groups is 2. The topological polar surface area (TPSA) is 70.7 Å². The van der Waals surface area contributed by atoms with E-state index in [0.717, 1.165) is 5.56 Å². The molecule has 0 radical (unpaired) electrons. The van der Waals surface area contributed by atoms with Gasteiger partial charge in [0, 0.05) is 31.5 Å². The van der Waals surface area contributed by atoms with E-state index in [-0.39, 0.29) is 18.4 Å². The SMILES string of the molecule is COCCNC(=O)c1ccc(NC(=O)CN(C)Cc2ccccc2)cc1. The fourth-order valence-corrected chi connectivity index (χ4v) is 2.47. The summed E-state index contributed by atoms with van der Waals surface area (Å²) in [7, 11) is 3.49. The zero-order chi connectivity index (χ0) is 18.8. The van der Waals surface area contributed by atoms with Gasteiger partial charge in [-0.2, -0.15) is 0 Å². The Bertz CT molecular complexity index is 702. The van der Waals surface area contributed by atoms with Gasteiger partial charge in [-0.25, -0.2) is 0 Å². The predicted octanol–water partition coefficient (Wildman–Crippen LogP) is 2.13. The number of anilines is 1. The molecule has 0 aliphatic heterocycles. The molecule has 2 aromatic rings. The molecule has 6 heteroatoms. The second-order valence-electron chi connectivity index (χ2n) is 6.03. The van der Waals surface area contributed by atoms with Crippen molar-refractivity contribution in [1.82, 2.24) is 10.2 Å². The van der Waals surface area contributed by atoms with Gasteiger partial charge in [0.05, 0.1) is 13.2 Å². The summed E-state index contributed by atoms with van der Waals surface area (Å²) in [5.74, 6) is -0.261. The number of hydrogen-bond donors (Lipinski definition) is 2. The molecule has 0 unspecified atom stereocenters. The van der Waals surface area contributed by atoms with E-state index in [1.165, 1.54) is 0 Å². The van der Waals surface area contributed by atoms with Crippen molar-refractivity contribution in [3.63, 3.8) is 0 Å². The molecule has 0 heterocycles. The number of carbonyl (C=O) groups excluding carboxylic acids is 2. The molecule has 0 saturated carbocycles. The number of hydrogen-bond acceptors (Lipinski definition) is 4. The van der Waals surface area contributed by atoms with E-state index < -0.39 is 0 Å². The quantitative estimate of drug-likeness (QED) is 0.676. The van der Waals surface area contributed by atoms with E-state index in [0.29, 0.717) is 30.9 Å². The summed E-state index contributed by atoms with van der Waals surface area (Å²) in [6.07, 6.45) is 0.